The Morgan fingerprint density at radius 1 is 0.909 bits per heavy atom. The van der Waals surface area contributed by atoms with Gasteiger partial charge in [-0.25, -0.2) is 8.42 Å². The molecule has 1 N–H and O–H groups in total. The van der Waals surface area contributed by atoms with Gasteiger partial charge in [-0.15, -0.1) is 0 Å². The number of hydrogen-bond donors (Lipinski definition) is 1. The molecular weight excluding hydrogens is 294 g/mol. The highest BCUT2D eigenvalue weighted by Crippen LogP contribution is 2.17. The van der Waals surface area contributed by atoms with Crippen LogP contribution in [0.25, 0.3) is 0 Å². The third-order valence-electron chi connectivity index (χ3n) is 4.16. The highest BCUT2D eigenvalue weighted by Gasteiger charge is 2.28. The van der Waals surface area contributed by atoms with E-state index in [1.54, 1.807) is 0 Å². The molecule has 0 amide bonds. The first-order valence-corrected chi connectivity index (χ1v) is 9.39. The van der Waals surface area contributed by atoms with E-state index in [1.807, 2.05) is 42.5 Å². The van der Waals surface area contributed by atoms with Crippen LogP contribution < -0.4 is 5.32 Å². The van der Waals surface area contributed by atoms with E-state index in [4.69, 9.17) is 0 Å². The first-order chi connectivity index (χ1) is 10.6. The summed E-state index contributed by atoms with van der Waals surface area (Å²) in [5, 5.41) is 2.90. The molecule has 0 radical (unpaired) electrons. The zero-order chi connectivity index (χ0) is 15.4. The molecule has 0 saturated carbocycles. The Labute approximate surface area is 132 Å². The minimum atomic E-state index is -3.05. The number of rotatable bonds is 5. The summed E-state index contributed by atoms with van der Waals surface area (Å²) < 4.78 is 24.7. The molecule has 4 heteroatoms. The van der Waals surface area contributed by atoms with Gasteiger partial charge in [0.1, 0.15) is 0 Å². The van der Waals surface area contributed by atoms with Gasteiger partial charge in [0, 0.05) is 6.54 Å². The van der Waals surface area contributed by atoms with Crippen molar-refractivity contribution in [2.24, 2.45) is 0 Å². The lowest BCUT2D eigenvalue weighted by atomic mass is 10.0. The van der Waals surface area contributed by atoms with Gasteiger partial charge in [0.25, 0.3) is 0 Å². The molecule has 1 saturated heterocycles. The first kappa shape index (κ1) is 15.3. The Morgan fingerprint density at radius 2 is 1.55 bits per heavy atom. The monoisotopic (exact) mass is 315 g/mol. The average molecular weight is 315 g/mol. The fraction of sp³-hybridized carbons (Fsp3) is 0.333. The quantitative estimate of drug-likeness (QED) is 0.922. The topological polar surface area (TPSA) is 46.2 Å². The van der Waals surface area contributed by atoms with Gasteiger partial charge >= 0.3 is 0 Å². The lowest BCUT2D eigenvalue weighted by molar-refractivity contribution is 0.582. The Kier molecular flexibility index (Phi) is 4.60. The predicted octanol–water partition coefficient (Wildman–Crippen LogP) is 2.55. The summed E-state index contributed by atoms with van der Waals surface area (Å²) in [6.07, 6.45) is 1.61. The molecule has 116 valence electrons. The molecule has 1 unspecified atom stereocenters. The van der Waals surface area contributed by atoms with E-state index in [9.17, 15) is 8.42 Å². The van der Waals surface area contributed by atoms with Crippen LogP contribution in [0.5, 0.6) is 0 Å². The maximum atomic E-state index is 12.3. The van der Waals surface area contributed by atoms with Gasteiger partial charge < -0.3 is 5.32 Å². The largest absolute Gasteiger partial charge is 0.315 e. The van der Waals surface area contributed by atoms with Crippen molar-refractivity contribution in [3.63, 3.8) is 0 Å². The molecule has 0 aromatic heterocycles. The molecule has 1 aliphatic rings. The molecule has 2 aromatic rings. The van der Waals surface area contributed by atoms with Crippen molar-refractivity contribution in [1.29, 1.82) is 0 Å². The van der Waals surface area contributed by atoms with Crippen molar-refractivity contribution < 1.29 is 8.42 Å². The fourth-order valence-corrected chi connectivity index (χ4v) is 4.61. The van der Waals surface area contributed by atoms with Crippen molar-refractivity contribution in [1.82, 2.24) is 5.32 Å². The van der Waals surface area contributed by atoms with Crippen LogP contribution in [0.3, 0.4) is 0 Å². The standard InChI is InChI=1S/C18H21NO2S/c20-22(21,18-10-11-19-13-18)14-17-8-6-16(7-9-17)12-15-4-2-1-3-5-15/h1-9,18-19H,10-14H2. The second kappa shape index (κ2) is 6.63. The molecule has 0 aliphatic carbocycles. The maximum Gasteiger partial charge on any atom is 0.158 e. The fourth-order valence-electron chi connectivity index (χ4n) is 2.87. The predicted molar refractivity (Wildman–Crippen MR) is 89.6 cm³/mol. The van der Waals surface area contributed by atoms with Gasteiger partial charge in [-0.05, 0) is 36.1 Å². The zero-order valence-corrected chi connectivity index (χ0v) is 13.4. The van der Waals surface area contributed by atoms with Crippen LogP contribution in [0.4, 0.5) is 0 Å². The molecule has 22 heavy (non-hydrogen) atoms. The van der Waals surface area contributed by atoms with Crippen molar-refractivity contribution in [3.05, 3.63) is 71.3 Å². The maximum absolute atomic E-state index is 12.3. The third-order valence-corrected chi connectivity index (χ3v) is 6.32. The van der Waals surface area contributed by atoms with Crippen LogP contribution in [-0.2, 0) is 22.0 Å². The summed E-state index contributed by atoms with van der Waals surface area (Å²) >= 11 is 0. The van der Waals surface area contributed by atoms with E-state index in [-0.39, 0.29) is 11.0 Å². The van der Waals surface area contributed by atoms with Gasteiger partial charge in [-0.3, -0.25) is 0 Å². The molecule has 1 atom stereocenters. The van der Waals surface area contributed by atoms with Gasteiger partial charge in [-0.2, -0.15) is 0 Å². The van der Waals surface area contributed by atoms with Crippen molar-refractivity contribution >= 4 is 9.84 Å². The number of benzene rings is 2. The summed E-state index contributed by atoms with van der Waals surface area (Å²) in [5.74, 6) is 0.144. The molecule has 2 aromatic carbocycles. The number of nitrogens with one attached hydrogen (secondary N) is 1. The number of hydrogen-bond acceptors (Lipinski definition) is 3. The van der Waals surface area contributed by atoms with Crippen molar-refractivity contribution in [3.8, 4) is 0 Å². The lowest BCUT2D eigenvalue weighted by Crippen LogP contribution is -2.25. The minimum absolute atomic E-state index is 0.144. The summed E-state index contributed by atoms with van der Waals surface area (Å²) in [6, 6.07) is 18.2. The van der Waals surface area contributed by atoms with E-state index in [2.05, 4.69) is 17.4 Å². The SMILES string of the molecule is O=S(=O)(Cc1ccc(Cc2ccccc2)cc1)C1CCNC1. The van der Waals surface area contributed by atoms with E-state index < -0.39 is 9.84 Å². The van der Waals surface area contributed by atoms with E-state index in [0.717, 1.165) is 24.9 Å². The summed E-state index contributed by atoms with van der Waals surface area (Å²) in [4.78, 5) is 0. The molecule has 3 rings (SSSR count). The van der Waals surface area contributed by atoms with Crippen LogP contribution in [-0.4, -0.2) is 26.8 Å². The second-order valence-electron chi connectivity index (χ2n) is 5.90. The van der Waals surface area contributed by atoms with Crippen LogP contribution in [0.2, 0.25) is 0 Å². The van der Waals surface area contributed by atoms with Crippen molar-refractivity contribution in [2.75, 3.05) is 13.1 Å². The highest BCUT2D eigenvalue weighted by atomic mass is 32.2. The second-order valence-corrected chi connectivity index (χ2v) is 8.18. The van der Waals surface area contributed by atoms with E-state index in [0.29, 0.717) is 6.54 Å². The van der Waals surface area contributed by atoms with Crippen molar-refractivity contribution in [2.45, 2.75) is 23.8 Å². The Balaban J connectivity index is 1.66. The lowest BCUT2D eigenvalue weighted by Gasteiger charge is -2.11. The average Bonchev–Trinajstić information content (AvgIpc) is 3.05. The zero-order valence-electron chi connectivity index (χ0n) is 12.5. The van der Waals surface area contributed by atoms with E-state index in [1.165, 1.54) is 11.1 Å². The van der Waals surface area contributed by atoms with E-state index >= 15 is 0 Å². The minimum Gasteiger partial charge on any atom is -0.315 e. The molecule has 1 heterocycles. The Hall–Kier alpha value is -1.65. The summed E-state index contributed by atoms with van der Waals surface area (Å²) in [7, 11) is -3.05. The van der Waals surface area contributed by atoms with Crippen LogP contribution in [0.15, 0.2) is 54.6 Å². The molecule has 3 nitrogen and oxygen atoms in total. The van der Waals surface area contributed by atoms with Gasteiger partial charge in [0.2, 0.25) is 0 Å². The third kappa shape index (κ3) is 3.76. The normalized spacial score (nSPS) is 18.5. The Morgan fingerprint density at radius 3 is 2.18 bits per heavy atom. The highest BCUT2D eigenvalue weighted by molar-refractivity contribution is 7.91. The van der Waals surface area contributed by atoms with Gasteiger partial charge in [0.15, 0.2) is 9.84 Å². The molecular formula is C18H21NO2S. The molecule has 0 spiro atoms. The molecule has 1 aliphatic heterocycles. The summed E-state index contributed by atoms with van der Waals surface area (Å²) in [6.45, 7) is 1.40. The smallest absolute Gasteiger partial charge is 0.158 e. The van der Waals surface area contributed by atoms with Crippen LogP contribution in [0, 0.1) is 0 Å². The Bertz CT molecular complexity index is 703. The van der Waals surface area contributed by atoms with Crippen LogP contribution >= 0.6 is 0 Å². The van der Waals surface area contributed by atoms with Gasteiger partial charge in [-0.1, -0.05) is 54.6 Å². The van der Waals surface area contributed by atoms with Gasteiger partial charge in [0.05, 0.1) is 11.0 Å². The molecule has 1 fully saturated rings. The first-order valence-electron chi connectivity index (χ1n) is 7.67. The van der Waals surface area contributed by atoms with Crippen LogP contribution in [0.1, 0.15) is 23.1 Å². The number of sulfone groups is 1. The molecule has 0 bridgehead atoms. The summed E-state index contributed by atoms with van der Waals surface area (Å²) in [5.41, 5.74) is 3.35.